The number of aryl methyl sites for hydroxylation is 3. The summed E-state index contributed by atoms with van der Waals surface area (Å²) in [5.74, 6) is 0. The smallest absolute Gasteiger partial charge is 0.275 e. The SMILES string of the molecule is Cc1ncc2c(=O)n(C)[nH]c2c1C. The lowest BCUT2D eigenvalue weighted by Gasteiger charge is -1.97. The lowest BCUT2D eigenvalue weighted by Crippen LogP contribution is -2.11. The molecular formula is C9H11N3O. The van der Waals surface area contributed by atoms with Crippen molar-refractivity contribution in [3.8, 4) is 0 Å². The zero-order valence-corrected chi connectivity index (χ0v) is 7.88. The largest absolute Gasteiger partial charge is 0.295 e. The molecular weight excluding hydrogens is 166 g/mol. The molecule has 0 saturated carbocycles. The first kappa shape index (κ1) is 8.04. The van der Waals surface area contributed by atoms with Gasteiger partial charge in [0.1, 0.15) is 0 Å². The molecule has 2 aromatic heterocycles. The van der Waals surface area contributed by atoms with Crippen LogP contribution in [0.25, 0.3) is 10.9 Å². The van der Waals surface area contributed by atoms with E-state index in [4.69, 9.17) is 0 Å². The molecule has 0 saturated heterocycles. The van der Waals surface area contributed by atoms with Gasteiger partial charge in [0.15, 0.2) is 0 Å². The molecule has 0 bridgehead atoms. The molecule has 0 aromatic carbocycles. The van der Waals surface area contributed by atoms with Crippen molar-refractivity contribution in [1.82, 2.24) is 14.8 Å². The maximum Gasteiger partial charge on any atom is 0.275 e. The molecule has 1 N–H and O–H groups in total. The second-order valence-electron chi connectivity index (χ2n) is 3.23. The standard InChI is InChI=1S/C9H11N3O/c1-5-6(2)10-4-7-8(5)11-12(3)9(7)13/h4,11H,1-3H3. The Morgan fingerprint density at radius 3 is 2.85 bits per heavy atom. The molecule has 0 radical (unpaired) electrons. The molecule has 0 aliphatic carbocycles. The van der Waals surface area contributed by atoms with Crippen LogP contribution in [0.3, 0.4) is 0 Å². The summed E-state index contributed by atoms with van der Waals surface area (Å²) in [4.78, 5) is 15.6. The highest BCUT2D eigenvalue weighted by atomic mass is 16.1. The van der Waals surface area contributed by atoms with E-state index in [9.17, 15) is 4.79 Å². The molecule has 2 heterocycles. The van der Waals surface area contributed by atoms with Crippen LogP contribution in [0.4, 0.5) is 0 Å². The second kappa shape index (κ2) is 2.45. The summed E-state index contributed by atoms with van der Waals surface area (Å²) in [6.07, 6.45) is 1.62. The zero-order valence-electron chi connectivity index (χ0n) is 7.88. The van der Waals surface area contributed by atoms with Gasteiger partial charge in [-0.2, -0.15) is 0 Å². The Bertz CT molecular complexity index is 521. The lowest BCUT2D eigenvalue weighted by atomic mass is 10.2. The number of H-pyrrole nitrogens is 1. The molecule has 0 spiro atoms. The van der Waals surface area contributed by atoms with Crippen molar-refractivity contribution in [3.05, 3.63) is 27.8 Å². The average molecular weight is 177 g/mol. The summed E-state index contributed by atoms with van der Waals surface area (Å²) in [6, 6.07) is 0. The fourth-order valence-corrected chi connectivity index (χ4v) is 1.41. The molecule has 4 nitrogen and oxygen atoms in total. The topological polar surface area (TPSA) is 50.7 Å². The van der Waals surface area contributed by atoms with Crippen molar-refractivity contribution in [2.24, 2.45) is 7.05 Å². The van der Waals surface area contributed by atoms with Crippen LogP contribution in [-0.4, -0.2) is 14.8 Å². The number of hydrogen-bond donors (Lipinski definition) is 1. The minimum absolute atomic E-state index is 0.0226. The quantitative estimate of drug-likeness (QED) is 0.649. The van der Waals surface area contributed by atoms with Crippen LogP contribution in [0.2, 0.25) is 0 Å². The van der Waals surface area contributed by atoms with Crippen molar-refractivity contribution >= 4 is 10.9 Å². The Morgan fingerprint density at radius 1 is 1.46 bits per heavy atom. The van der Waals surface area contributed by atoms with Gasteiger partial charge in [-0.15, -0.1) is 0 Å². The summed E-state index contributed by atoms with van der Waals surface area (Å²) in [5.41, 5.74) is 2.86. The summed E-state index contributed by atoms with van der Waals surface area (Å²) >= 11 is 0. The third kappa shape index (κ3) is 0.983. The molecule has 4 heteroatoms. The van der Waals surface area contributed by atoms with E-state index in [0.717, 1.165) is 16.8 Å². The fourth-order valence-electron chi connectivity index (χ4n) is 1.41. The number of aromatic amines is 1. The molecule has 0 aliphatic heterocycles. The number of pyridine rings is 1. The summed E-state index contributed by atoms with van der Waals surface area (Å²) < 4.78 is 1.47. The first-order valence-electron chi connectivity index (χ1n) is 4.12. The normalized spacial score (nSPS) is 11.0. The predicted octanol–water partition coefficient (Wildman–Crippen LogP) is 0.878. The molecule has 0 unspecified atom stereocenters. The molecule has 13 heavy (non-hydrogen) atoms. The van der Waals surface area contributed by atoms with E-state index in [0.29, 0.717) is 5.39 Å². The van der Waals surface area contributed by atoms with E-state index in [-0.39, 0.29) is 5.56 Å². The number of hydrogen-bond acceptors (Lipinski definition) is 2. The van der Waals surface area contributed by atoms with Gasteiger partial charge >= 0.3 is 0 Å². The van der Waals surface area contributed by atoms with Crippen LogP contribution >= 0.6 is 0 Å². The van der Waals surface area contributed by atoms with Crippen molar-refractivity contribution in [2.45, 2.75) is 13.8 Å². The van der Waals surface area contributed by atoms with Gasteiger partial charge in [-0.05, 0) is 19.4 Å². The van der Waals surface area contributed by atoms with Gasteiger partial charge < -0.3 is 0 Å². The van der Waals surface area contributed by atoms with E-state index < -0.39 is 0 Å². The van der Waals surface area contributed by atoms with Crippen molar-refractivity contribution in [3.63, 3.8) is 0 Å². The minimum atomic E-state index is -0.0226. The predicted molar refractivity (Wildman–Crippen MR) is 50.8 cm³/mol. The highest BCUT2D eigenvalue weighted by molar-refractivity contribution is 5.80. The van der Waals surface area contributed by atoms with Gasteiger partial charge in [0.25, 0.3) is 5.56 Å². The highest BCUT2D eigenvalue weighted by Gasteiger charge is 2.07. The average Bonchev–Trinajstić information content (AvgIpc) is 2.38. The van der Waals surface area contributed by atoms with Gasteiger partial charge in [0.2, 0.25) is 0 Å². The van der Waals surface area contributed by atoms with Gasteiger partial charge in [-0.1, -0.05) is 0 Å². The first-order valence-corrected chi connectivity index (χ1v) is 4.12. The molecule has 0 aliphatic rings. The van der Waals surface area contributed by atoms with Crippen molar-refractivity contribution in [2.75, 3.05) is 0 Å². The van der Waals surface area contributed by atoms with Crippen LogP contribution in [0.5, 0.6) is 0 Å². The van der Waals surface area contributed by atoms with Crippen LogP contribution < -0.4 is 5.56 Å². The second-order valence-corrected chi connectivity index (χ2v) is 3.23. The zero-order chi connectivity index (χ0) is 9.59. The lowest BCUT2D eigenvalue weighted by molar-refractivity contribution is 0.750. The van der Waals surface area contributed by atoms with E-state index >= 15 is 0 Å². The monoisotopic (exact) mass is 177 g/mol. The maximum atomic E-state index is 11.5. The molecule has 2 aromatic rings. The molecule has 0 fully saturated rings. The third-order valence-electron chi connectivity index (χ3n) is 2.39. The summed E-state index contributed by atoms with van der Waals surface area (Å²) in [5, 5.41) is 3.66. The van der Waals surface area contributed by atoms with E-state index in [1.54, 1.807) is 13.2 Å². The fraction of sp³-hybridized carbons (Fsp3) is 0.333. The van der Waals surface area contributed by atoms with Crippen molar-refractivity contribution in [1.29, 1.82) is 0 Å². The third-order valence-corrected chi connectivity index (χ3v) is 2.39. The van der Waals surface area contributed by atoms with Crippen LogP contribution in [0, 0.1) is 13.8 Å². The maximum absolute atomic E-state index is 11.5. The Morgan fingerprint density at radius 2 is 2.15 bits per heavy atom. The van der Waals surface area contributed by atoms with E-state index in [2.05, 4.69) is 10.1 Å². The Balaban J connectivity index is 3.03. The Labute approximate surface area is 75.2 Å². The summed E-state index contributed by atoms with van der Waals surface area (Å²) in [7, 11) is 1.71. The van der Waals surface area contributed by atoms with Crippen molar-refractivity contribution < 1.29 is 0 Å². The van der Waals surface area contributed by atoms with Gasteiger partial charge in [-0.25, -0.2) is 0 Å². The molecule has 68 valence electrons. The molecule has 2 rings (SSSR count). The van der Waals surface area contributed by atoms with Crippen LogP contribution in [0.15, 0.2) is 11.0 Å². The Kier molecular flexibility index (Phi) is 1.52. The van der Waals surface area contributed by atoms with Gasteiger partial charge in [0, 0.05) is 18.9 Å². The van der Waals surface area contributed by atoms with E-state index in [1.165, 1.54) is 4.68 Å². The van der Waals surface area contributed by atoms with Crippen LogP contribution in [0.1, 0.15) is 11.3 Å². The van der Waals surface area contributed by atoms with Crippen LogP contribution in [-0.2, 0) is 7.05 Å². The minimum Gasteiger partial charge on any atom is -0.295 e. The number of fused-ring (bicyclic) bond motifs is 1. The molecule has 0 amide bonds. The van der Waals surface area contributed by atoms with Gasteiger partial charge in [-0.3, -0.25) is 19.6 Å². The highest BCUT2D eigenvalue weighted by Crippen LogP contribution is 2.13. The number of aromatic nitrogens is 3. The molecule has 0 atom stereocenters. The number of nitrogens with zero attached hydrogens (tertiary/aromatic N) is 2. The Hall–Kier alpha value is -1.58. The number of rotatable bonds is 0. The first-order chi connectivity index (χ1) is 6.11. The van der Waals surface area contributed by atoms with Gasteiger partial charge in [0.05, 0.1) is 10.9 Å². The number of nitrogens with one attached hydrogen (secondary N) is 1. The van der Waals surface area contributed by atoms with E-state index in [1.807, 2.05) is 13.8 Å². The summed E-state index contributed by atoms with van der Waals surface area (Å²) in [6.45, 7) is 3.89.